The second-order valence-corrected chi connectivity index (χ2v) is 4.27. The van der Waals surface area contributed by atoms with Gasteiger partial charge in [-0.25, -0.2) is 4.68 Å². The van der Waals surface area contributed by atoms with Crippen molar-refractivity contribution in [2.75, 3.05) is 25.1 Å². The van der Waals surface area contributed by atoms with Crippen molar-refractivity contribution in [2.45, 2.75) is 13.5 Å². The lowest BCUT2D eigenvalue weighted by Crippen LogP contribution is -2.07. The maximum Gasteiger partial charge on any atom is 0.242 e. The summed E-state index contributed by atoms with van der Waals surface area (Å²) in [5, 5.41) is 23.1. The first-order valence-corrected chi connectivity index (χ1v) is 6.70. The van der Waals surface area contributed by atoms with E-state index in [9.17, 15) is 0 Å². The first kappa shape index (κ1) is 15.0. The normalized spacial score (nSPS) is 10.4. The van der Waals surface area contributed by atoms with E-state index in [-0.39, 0.29) is 13.2 Å². The van der Waals surface area contributed by atoms with Gasteiger partial charge in [-0.1, -0.05) is 11.2 Å². The van der Waals surface area contributed by atoms with Crippen LogP contribution in [-0.4, -0.2) is 45.1 Å². The fraction of sp³-hybridized carbons (Fsp3) is 0.462. The molecule has 0 spiro atoms. The zero-order valence-electron chi connectivity index (χ0n) is 12.1. The smallest absolute Gasteiger partial charge is 0.242 e. The van der Waals surface area contributed by atoms with E-state index in [0.29, 0.717) is 30.6 Å². The fourth-order valence-electron chi connectivity index (χ4n) is 1.77. The van der Waals surface area contributed by atoms with E-state index in [1.54, 1.807) is 11.7 Å². The van der Waals surface area contributed by atoms with Crippen LogP contribution in [0.3, 0.4) is 0 Å². The number of aliphatic hydroxyl groups is 1. The Balaban J connectivity index is 2.06. The highest BCUT2D eigenvalue weighted by atomic mass is 16.5. The molecule has 0 bridgehead atoms. The minimum absolute atomic E-state index is 0.0337. The number of nitrogens with zero attached hydrogens (tertiary/aromatic N) is 4. The molecule has 0 aliphatic carbocycles. The van der Waals surface area contributed by atoms with Crippen LogP contribution in [0.25, 0.3) is 0 Å². The van der Waals surface area contributed by atoms with Gasteiger partial charge in [0.15, 0.2) is 11.5 Å². The number of anilines is 1. The van der Waals surface area contributed by atoms with Crippen molar-refractivity contribution < 1.29 is 14.6 Å². The number of rotatable bonds is 8. The minimum Gasteiger partial charge on any atom is -0.490 e. The Morgan fingerprint density at radius 2 is 2.14 bits per heavy atom. The summed E-state index contributed by atoms with van der Waals surface area (Å²) in [5.74, 6) is 1.87. The Kier molecular flexibility index (Phi) is 5.33. The molecular weight excluding hydrogens is 274 g/mol. The van der Waals surface area contributed by atoms with Crippen LogP contribution in [0, 0.1) is 0 Å². The quantitative estimate of drug-likeness (QED) is 0.735. The van der Waals surface area contributed by atoms with Crippen molar-refractivity contribution in [3.05, 3.63) is 23.8 Å². The van der Waals surface area contributed by atoms with Crippen molar-refractivity contribution in [1.82, 2.24) is 20.2 Å². The largest absolute Gasteiger partial charge is 0.490 e. The average molecular weight is 293 g/mol. The lowest BCUT2D eigenvalue weighted by molar-refractivity contribution is 0.194. The van der Waals surface area contributed by atoms with Gasteiger partial charge >= 0.3 is 0 Å². The number of tetrazole rings is 1. The fourth-order valence-corrected chi connectivity index (χ4v) is 1.77. The zero-order valence-corrected chi connectivity index (χ0v) is 12.1. The molecule has 0 amide bonds. The van der Waals surface area contributed by atoms with E-state index >= 15 is 0 Å². The van der Waals surface area contributed by atoms with Crippen molar-refractivity contribution in [3.63, 3.8) is 0 Å². The third-order valence-electron chi connectivity index (χ3n) is 2.73. The molecule has 8 heteroatoms. The van der Waals surface area contributed by atoms with E-state index in [0.717, 1.165) is 5.56 Å². The summed E-state index contributed by atoms with van der Waals surface area (Å²) in [4.78, 5) is 0. The second-order valence-electron chi connectivity index (χ2n) is 4.27. The van der Waals surface area contributed by atoms with Gasteiger partial charge in [0.05, 0.1) is 13.2 Å². The van der Waals surface area contributed by atoms with Crippen molar-refractivity contribution >= 4 is 5.95 Å². The number of hydrogen-bond acceptors (Lipinski definition) is 7. The number of hydrogen-bond donors (Lipinski definition) is 2. The molecular formula is C13H19N5O3. The third-order valence-corrected chi connectivity index (χ3v) is 2.73. The van der Waals surface area contributed by atoms with E-state index in [1.807, 2.05) is 25.1 Å². The van der Waals surface area contributed by atoms with Gasteiger partial charge < -0.3 is 19.9 Å². The molecule has 8 nitrogen and oxygen atoms in total. The monoisotopic (exact) mass is 293 g/mol. The van der Waals surface area contributed by atoms with Crippen LogP contribution in [0.5, 0.6) is 11.5 Å². The molecule has 21 heavy (non-hydrogen) atoms. The molecule has 2 rings (SSSR count). The maximum absolute atomic E-state index is 8.82. The summed E-state index contributed by atoms with van der Waals surface area (Å²) in [7, 11) is 1.76. The molecule has 0 aliphatic rings. The van der Waals surface area contributed by atoms with E-state index in [2.05, 4.69) is 20.8 Å². The van der Waals surface area contributed by atoms with Crippen LogP contribution in [0.15, 0.2) is 18.2 Å². The molecule has 0 aliphatic heterocycles. The zero-order chi connectivity index (χ0) is 15.1. The molecule has 0 radical (unpaired) electrons. The predicted octanol–water partition coefficient (Wildman–Crippen LogP) is 0.592. The molecule has 1 aromatic carbocycles. The lowest BCUT2D eigenvalue weighted by atomic mass is 10.2. The number of aryl methyl sites for hydroxylation is 1. The lowest BCUT2D eigenvalue weighted by Gasteiger charge is -2.13. The predicted molar refractivity (Wildman–Crippen MR) is 76.3 cm³/mol. The first-order valence-electron chi connectivity index (χ1n) is 6.70. The van der Waals surface area contributed by atoms with Gasteiger partial charge in [0.1, 0.15) is 6.61 Å². The van der Waals surface area contributed by atoms with Gasteiger partial charge in [-0.3, -0.25) is 0 Å². The molecule has 0 unspecified atom stereocenters. The van der Waals surface area contributed by atoms with E-state index in [1.165, 1.54) is 0 Å². The van der Waals surface area contributed by atoms with Crippen LogP contribution in [0.2, 0.25) is 0 Å². The minimum atomic E-state index is -0.0337. The Labute approximate surface area is 122 Å². The molecule has 114 valence electrons. The summed E-state index contributed by atoms with van der Waals surface area (Å²) in [5.41, 5.74) is 1.01. The molecule has 1 heterocycles. The topological polar surface area (TPSA) is 94.3 Å². The van der Waals surface area contributed by atoms with Crippen LogP contribution >= 0.6 is 0 Å². The average Bonchev–Trinajstić information content (AvgIpc) is 2.90. The molecule has 0 saturated heterocycles. The number of aliphatic hydroxyl groups excluding tert-OH is 1. The SMILES string of the molecule is CCOc1cc(CNc2nnnn2C)ccc1OCCO. The van der Waals surface area contributed by atoms with Gasteiger partial charge in [0.2, 0.25) is 5.95 Å². The summed E-state index contributed by atoms with van der Waals surface area (Å²) in [6, 6.07) is 5.64. The summed E-state index contributed by atoms with van der Waals surface area (Å²) < 4.78 is 12.5. The number of benzene rings is 1. The standard InChI is InChI=1S/C13H19N5O3/c1-3-20-12-8-10(4-5-11(12)21-7-6-19)9-14-13-15-16-17-18(13)2/h4-5,8,19H,3,6-7,9H2,1-2H3,(H,14,15,17). The number of nitrogens with one attached hydrogen (secondary N) is 1. The Hall–Kier alpha value is -2.35. The number of aromatic nitrogens is 4. The van der Waals surface area contributed by atoms with Crippen molar-refractivity contribution in [2.24, 2.45) is 7.05 Å². The maximum atomic E-state index is 8.82. The Bertz CT molecular complexity index is 573. The molecule has 0 fully saturated rings. The summed E-state index contributed by atoms with van der Waals surface area (Å²) in [6.07, 6.45) is 0. The van der Waals surface area contributed by atoms with Crippen LogP contribution in [0.4, 0.5) is 5.95 Å². The summed E-state index contributed by atoms with van der Waals surface area (Å²) >= 11 is 0. The van der Waals surface area contributed by atoms with Crippen LogP contribution < -0.4 is 14.8 Å². The molecule has 1 aromatic heterocycles. The Morgan fingerprint density at radius 1 is 1.29 bits per heavy atom. The molecule has 2 N–H and O–H groups in total. The summed E-state index contributed by atoms with van der Waals surface area (Å²) in [6.45, 7) is 3.22. The Morgan fingerprint density at radius 3 is 2.81 bits per heavy atom. The number of ether oxygens (including phenoxy) is 2. The highest BCUT2D eigenvalue weighted by molar-refractivity contribution is 5.44. The molecule has 2 aromatic rings. The highest BCUT2D eigenvalue weighted by Gasteiger charge is 2.07. The third kappa shape index (κ3) is 4.06. The van der Waals surface area contributed by atoms with Crippen LogP contribution in [0.1, 0.15) is 12.5 Å². The van der Waals surface area contributed by atoms with Gasteiger partial charge in [0.25, 0.3) is 0 Å². The van der Waals surface area contributed by atoms with Gasteiger partial charge in [-0.15, -0.1) is 0 Å². The van der Waals surface area contributed by atoms with Crippen molar-refractivity contribution in [3.8, 4) is 11.5 Å². The van der Waals surface area contributed by atoms with Gasteiger partial charge in [-0.2, -0.15) is 0 Å². The molecule has 0 saturated carbocycles. The van der Waals surface area contributed by atoms with Gasteiger partial charge in [-0.05, 0) is 35.0 Å². The second kappa shape index (κ2) is 7.44. The van der Waals surface area contributed by atoms with E-state index in [4.69, 9.17) is 14.6 Å². The molecule has 0 atom stereocenters. The van der Waals surface area contributed by atoms with E-state index < -0.39 is 0 Å². The van der Waals surface area contributed by atoms with Gasteiger partial charge in [0, 0.05) is 13.6 Å². The first-order chi connectivity index (χ1) is 10.2. The van der Waals surface area contributed by atoms with Crippen LogP contribution in [-0.2, 0) is 13.6 Å². The van der Waals surface area contributed by atoms with Crippen molar-refractivity contribution in [1.29, 1.82) is 0 Å². The highest BCUT2D eigenvalue weighted by Crippen LogP contribution is 2.28.